The van der Waals surface area contributed by atoms with E-state index in [1.54, 1.807) is 5.32 Å². The first-order valence-corrected chi connectivity index (χ1v) is 5.54. The molecule has 8 heteroatoms. The van der Waals surface area contributed by atoms with E-state index in [2.05, 4.69) is 4.98 Å². The van der Waals surface area contributed by atoms with Gasteiger partial charge in [-0.05, 0) is 12.1 Å². The van der Waals surface area contributed by atoms with Crippen molar-refractivity contribution in [1.82, 2.24) is 4.98 Å². The fourth-order valence-electron chi connectivity index (χ4n) is 1.42. The van der Waals surface area contributed by atoms with Crippen molar-refractivity contribution in [3.63, 3.8) is 0 Å². The van der Waals surface area contributed by atoms with Gasteiger partial charge in [0.25, 0.3) is 5.91 Å². The standard InChI is InChI=1S/C12H5ClF4N2O/c13-11-5(2-1-3-18-11)12(20)19-10-8(16)6(14)4-7(15)9(10)17/h1-4H,(H,19,20). The van der Waals surface area contributed by atoms with E-state index in [9.17, 15) is 22.4 Å². The monoisotopic (exact) mass is 304 g/mol. The Hall–Kier alpha value is -2.15. The summed E-state index contributed by atoms with van der Waals surface area (Å²) in [5, 5.41) is 1.50. The molecule has 20 heavy (non-hydrogen) atoms. The molecule has 1 amide bonds. The molecule has 0 fully saturated rings. The number of hydrogen-bond acceptors (Lipinski definition) is 2. The summed E-state index contributed by atoms with van der Waals surface area (Å²) in [5.74, 6) is -7.73. The molecule has 1 heterocycles. The molecular weight excluding hydrogens is 300 g/mol. The number of pyridine rings is 1. The number of aromatic nitrogens is 1. The topological polar surface area (TPSA) is 42.0 Å². The Labute approximate surface area is 115 Å². The third-order valence-corrected chi connectivity index (χ3v) is 2.66. The minimum absolute atomic E-state index is 0.0391. The smallest absolute Gasteiger partial charge is 0.258 e. The Morgan fingerprint density at radius 2 is 1.75 bits per heavy atom. The molecule has 0 bridgehead atoms. The molecule has 104 valence electrons. The number of benzene rings is 1. The van der Waals surface area contributed by atoms with E-state index in [1.165, 1.54) is 18.3 Å². The Kier molecular flexibility index (Phi) is 3.89. The fourth-order valence-corrected chi connectivity index (χ4v) is 1.62. The van der Waals surface area contributed by atoms with Gasteiger partial charge in [0.05, 0.1) is 5.56 Å². The van der Waals surface area contributed by atoms with E-state index in [-0.39, 0.29) is 16.8 Å². The van der Waals surface area contributed by atoms with E-state index in [0.29, 0.717) is 0 Å². The molecule has 1 aromatic heterocycles. The predicted molar refractivity (Wildman–Crippen MR) is 63.5 cm³/mol. The molecule has 0 radical (unpaired) electrons. The lowest BCUT2D eigenvalue weighted by Crippen LogP contribution is -2.16. The number of carbonyl (C=O) groups excluding carboxylic acids is 1. The molecule has 2 aromatic rings. The molecule has 0 unspecified atom stereocenters. The van der Waals surface area contributed by atoms with Crippen LogP contribution in [0.4, 0.5) is 23.2 Å². The number of nitrogens with zero attached hydrogens (tertiary/aromatic N) is 1. The summed E-state index contributed by atoms with van der Waals surface area (Å²) in [6.07, 6.45) is 1.29. The van der Waals surface area contributed by atoms with Crippen LogP contribution in [-0.2, 0) is 0 Å². The summed E-state index contributed by atoms with van der Waals surface area (Å²) in [7, 11) is 0. The van der Waals surface area contributed by atoms with Crippen molar-refractivity contribution in [3.05, 3.63) is 58.4 Å². The van der Waals surface area contributed by atoms with Crippen molar-refractivity contribution >= 4 is 23.2 Å². The van der Waals surface area contributed by atoms with Crippen molar-refractivity contribution in [2.75, 3.05) is 5.32 Å². The highest BCUT2D eigenvalue weighted by Crippen LogP contribution is 2.25. The van der Waals surface area contributed by atoms with Crippen LogP contribution < -0.4 is 5.32 Å². The highest BCUT2D eigenvalue weighted by Gasteiger charge is 2.22. The maximum Gasteiger partial charge on any atom is 0.258 e. The zero-order valence-electron chi connectivity index (χ0n) is 9.55. The molecule has 3 nitrogen and oxygen atoms in total. The number of hydrogen-bond donors (Lipinski definition) is 1. The lowest BCUT2D eigenvalue weighted by Gasteiger charge is -2.09. The maximum atomic E-state index is 13.4. The Morgan fingerprint density at radius 3 is 2.30 bits per heavy atom. The molecule has 0 aliphatic carbocycles. The van der Waals surface area contributed by atoms with Crippen LogP contribution in [0, 0.1) is 23.3 Å². The van der Waals surface area contributed by atoms with Gasteiger partial charge in [0, 0.05) is 12.3 Å². The number of carbonyl (C=O) groups is 1. The molecular formula is C12H5ClF4N2O. The highest BCUT2D eigenvalue weighted by molar-refractivity contribution is 6.33. The van der Waals surface area contributed by atoms with Gasteiger partial charge in [-0.25, -0.2) is 22.5 Å². The number of amides is 1. The summed E-state index contributed by atoms with van der Waals surface area (Å²) in [6, 6.07) is 2.63. The van der Waals surface area contributed by atoms with E-state index in [0.717, 1.165) is 0 Å². The minimum atomic E-state index is -1.71. The van der Waals surface area contributed by atoms with Crippen molar-refractivity contribution in [1.29, 1.82) is 0 Å². The first kappa shape index (κ1) is 14.3. The second kappa shape index (κ2) is 5.46. The van der Waals surface area contributed by atoms with Crippen molar-refractivity contribution in [2.24, 2.45) is 0 Å². The van der Waals surface area contributed by atoms with Crippen LogP contribution in [0.15, 0.2) is 24.4 Å². The number of rotatable bonds is 2. The van der Waals surface area contributed by atoms with Crippen LogP contribution in [0.5, 0.6) is 0 Å². The lowest BCUT2D eigenvalue weighted by atomic mass is 10.2. The Morgan fingerprint density at radius 1 is 1.15 bits per heavy atom. The average Bonchev–Trinajstić information content (AvgIpc) is 2.41. The zero-order valence-corrected chi connectivity index (χ0v) is 10.3. The van der Waals surface area contributed by atoms with E-state index in [4.69, 9.17) is 11.6 Å². The molecule has 1 N–H and O–H groups in total. The molecule has 0 aliphatic heterocycles. The predicted octanol–water partition coefficient (Wildman–Crippen LogP) is 3.54. The number of halogens is 5. The van der Waals surface area contributed by atoms with E-state index >= 15 is 0 Å². The van der Waals surface area contributed by atoms with Gasteiger partial charge >= 0.3 is 0 Å². The summed E-state index contributed by atoms with van der Waals surface area (Å²) in [4.78, 5) is 15.3. The molecule has 0 saturated carbocycles. The van der Waals surface area contributed by atoms with Gasteiger partial charge in [-0.3, -0.25) is 4.79 Å². The Balaban J connectivity index is 2.41. The summed E-state index contributed by atoms with van der Waals surface area (Å²) in [6.45, 7) is 0. The number of anilines is 1. The van der Waals surface area contributed by atoms with Gasteiger partial charge in [-0.2, -0.15) is 0 Å². The largest absolute Gasteiger partial charge is 0.317 e. The summed E-state index contributed by atoms with van der Waals surface area (Å²) in [5.41, 5.74) is -1.43. The van der Waals surface area contributed by atoms with Crippen LogP contribution in [0.1, 0.15) is 10.4 Å². The van der Waals surface area contributed by atoms with Crippen molar-refractivity contribution in [2.45, 2.75) is 0 Å². The molecule has 0 atom stereocenters. The SMILES string of the molecule is O=C(Nc1c(F)c(F)cc(F)c1F)c1cccnc1Cl. The van der Waals surface area contributed by atoms with Crippen LogP contribution in [0.2, 0.25) is 5.15 Å². The molecule has 0 aliphatic rings. The van der Waals surface area contributed by atoms with Gasteiger partial charge in [-0.15, -0.1) is 0 Å². The minimum Gasteiger partial charge on any atom is -0.317 e. The second-order valence-electron chi connectivity index (χ2n) is 3.64. The fraction of sp³-hybridized carbons (Fsp3) is 0. The third-order valence-electron chi connectivity index (χ3n) is 2.35. The lowest BCUT2D eigenvalue weighted by molar-refractivity contribution is 0.102. The van der Waals surface area contributed by atoms with Crippen LogP contribution in [0.3, 0.4) is 0 Å². The second-order valence-corrected chi connectivity index (χ2v) is 4.00. The van der Waals surface area contributed by atoms with Crippen molar-refractivity contribution < 1.29 is 22.4 Å². The molecule has 1 aromatic carbocycles. The highest BCUT2D eigenvalue weighted by atomic mass is 35.5. The van der Waals surface area contributed by atoms with Crippen LogP contribution in [-0.4, -0.2) is 10.9 Å². The molecule has 2 rings (SSSR count). The van der Waals surface area contributed by atoms with E-state index < -0.39 is 34.9 Å². The van der Waals surface area contributed by atoms with Crippen molar-refractivity contribution in [3.8, 4) is 0 Å². The summed E-state index contributed by atoms with van der Waals surface area (Å²) >= 11 is 5.62. The zero-order chi connectivity index (χ0) is 14.9. The van der Waals surface area contributed by atoms with Gasteiger partial charge < -0.3 is 5.32 Å². The molecule has 0 spiro atoms. The molecule has 0 saturated heterocycles. The first-order valence-electron chi connectivity index (χ1n) is 5.16. The van der Waals surface area contributed by atoms with Gasteiger partial charge in [-0.1, -0.05) is 11.6 Å². The summed E-state index contributed by atoms with van der Waals surface area (Å²) < 4.78 is 52.7. The first-order chi connectivity index (χ1) is 9.41. The van der Waals surface area contributed by atoms with E-state index in [1.807, 2.05) is 0 Å². The quantitative estimate of drug-likeness (QED) is 0.524. The normalized spacial score (nSPS) is 10.4. The van der Waals surface area contributed by atoms with Gasteiger partial charge in [0.15, 0.2) is 23.3 Å². The third kappa shape index (κ3) is 2.57. The van der Waals surface area contributed by atoms with Crippen LogP contribution >= 0.6 is 11.6 Å². The van der Waals surface area contributed by atoms with Gasteiger partial charge in [0.2, 0.25) is 0 Å². The maximum absolute atomic E-state index is 13.4. The Bertz CT molecular complexity index is 667. The van der Waals surface area contributed by atoms with Gasteiger partial charge in [0.1, 0.15) is 10.8 Å². The van der Waals surface area contributed by atoms with Crippen LogP contribution in [0.25, 0.3) is 0 Å². The average molecular weight is 305 g/mol. The number of nitrogens with one attached hydrogen (secondary N) is 1.